The molecule has 2 N–H and O–H groups in total. The largest absolute Gasteiger partial charge is 0.481 e. The molecule has 3 rings (SSSR count). The summed E-state index contributed by atoms with van der Waals surface area (Å²) in [6.07, 6.45) is 2.52. The molecule has 0 aromatic heterocycles. The lowest BCUT2D eigenvalue weighted by Gasteiger charge is -2.34. The summed E-state index contributed by atoms with van der Waals surface area (Å²) in [5.74, 6) is -0.903. The van der Waals surface area contributed by atoms with Gasteiger partial charge in [0, 0.05) is 6.54 Å². The lowest BCUT2D eigenvalue weighted by atomic mass is 9.88. The van der Waals surface area contributed by atoms with Crippen LogP contribution in [-0.2, 0) is 4.79 Å². The van der Waals surface area contributed by atoms with Crippen molar-refractivity contribution in [2.45, 2.75) is 37.7 Å². The van der Waals surface area contributed by atoms with Gasteiger partial charge in [-0.2, -0.15) is 0 Å². The number of likely N-dealkylation sites (tertiary alicyclic amines) is 1. The van der Waals surface area contributed by atoms with E-state index in [9.17, 15) is 19.4 Å². The molecule has 23 heavy (non-hydrogen) atoms. The molecule has 1 heterocycles. The molecule has 2 fully saturated rings. The van der Waals surface area contributed by atoms with E-state index in [0.717, 1.165) is 32.5 Å². The van der Waals surface area contributed by atoms with Crippen molar-refractivity contribution in [3.63, 3.8) is 0 Å². The fraction of sp³-hybridized carbons (Fsp3) is 0.611. The van der Waals surface area contributed by atoms with E-state index in [0.29, 0.717) is 18.8 Å². The molecule has 0 bridgehead atoms. The first kappa shape index (κ1) is 16.4. The van der Waals surface area contributed by atoms with Gasteiger partial charge in [0.05, 0.1) is 12.0 Å². The summed E-state index contributed by atoms with van der Waals surface area (Å²) < 4.78 is 13.0. The Labute approximate surface area is 135 Å². The van der Waals surface area contributed by atoms with E-state index in [1.54, 1.807) is 0 Å². The number of nitrogens with zero attached hydrogens (tertiary/aromatic N) is 1. The minimum atomic E-state index is -0.784. The van der Waals surface area contributed by atoms with Crippen LogP contribution in [0.1, 0.15) is 37.2 Å². The third-order valence-electron chi connectivity index (χ3n) is 5.41. The molecule has 1 aromatic carbocycles. The van der Waals surface area contributed by atoms with Crippen molar-refractivity contribution in [2.24, 2.45) is 11.8 Å². The molecule has 1 aromatic rings. The van der Waals surface area contributed by atoms with Gasteiger partial charge in [-0.15, -0.1) is 0 Å². The second-order valence-electron chi connectivity index (χ2n) is 6.96. The first-order chi connectivity index (χ1) is 11.0. The van der Waals surface area contributed by atoms with Crippen molar-refractivity contribution in [3.05, 3.63) is 35.6 Å². The number of piperidine rings is 1. The van der Waals surface area contributed by atoms with Gasteiger partial charge in [-0.1, -0.05) is 12.1 Å². The Morgan fingerprint density at radius 2 is 1.83 bits per heavy atom. The van der Waals surface area contributed by atoms with Crippen molar-refractivity contribution in [3.8, 4) is 0 Å². The molecule has 0 unspecified atom stereocenters. The quantitative estimate of drug-likeness (QED) is 0.894. The van der Waals surface area contributed by atoms with Gasteiger partial charge in [0.2, 0.25) is 0 Å². The summed E-state index contributed by atoms with van der Waals surface area (Å²) in [4.78, 5) is 13.6. The summed E-state index contributed by atoms with van der Waals surface area (Å²) in [6, 6.07) is 6.76. The summed E-state index contributed by atoms with van der Waals surface area (Å²) in [5.41, 5.74) is 1.19. The Hall–Kier alpha value is -1.46. The van der Waals surface area contributed by atoms with Gasteiger partial charge in [0.1, 0.15) is 5.82 Å². The number of carbonyl (C=O) groups is 1. The van der Waals surface area contributed by atoms with Crippen molar-refractivity contribution < 1.29 is 19.4 Å². The number of hydrogen-bond donors (Lipinski definition) is 2. The maximum atomic E-state index is 13.0. The molecular weight excluding hydrogens is 297 g/mol. The van der Waals surface area contributed by atoms with Gasteiger partial charge in [-0.05, 0) is 68.3 Å². The molecular formula is C18H24FNO3. The molecule has 0 radical (unpaired) electrons. The van der Waals surface area contributed by atoms with E-state index in [1.165, 1.54) is 17.7 Å². The molecule has 0 spiro atoms. The van der Waals surface area contributed by atoms with Gasteiger partial charge >= 0.3 is 5.97 Å². The molecule has 3 atom stereocenters. The van der Waals surface area contributed by atoms with Crippen molar-refractivity contribution in [2.75, 3.05) is 19.6 Å². The number of carboxylic acid groups (broad SMARTS) is 1. The van der Waals surface area contributed by atoms with Gasteiger partial charge in [-0.3, -0.25) is 4.79 Å². The number of aliphatic hydroxyl groups is 1. The summed E-state index contributed by atoms with van der Waals surface area (Å²) in [5, 5.41) is 19.0. The second-order valence-corrected chi connectivity index (χ2v) is 6.96. The van der Waals surface area contributed by atoms with Crippen LogP contribution in [0.25, 0.3) is 0 Å². The monoisotopic (exact) mass is 321 g/mol. The van der Waals surface area contributed by atoms with Gasteiger partial charge in [0.15, 0.2) is 0 Å². The molecule has 1 aliphatic carbocycles. The Balaban J connectivity index is 1.53. The van der Waals surface area contributed by atoms with Crippen molar-refractivity contribution in [1.82, 2.24) is 4.90 Å². The lowest BCUT2D eigenvalue weighted by molar-refractivity contribution is -0.143. The van der Waals surface area contributed by atoms with Crippen LogP contribution in [0.2, 0.25) is 0 Å². The zero-order valence-corrected chi connectivity index (χ0v) is 13.2. The number of carboxylic acids is 1. The predicted molar refractivity (Wildman–Crippen MR) is 84.7 cm³/mol. The smallest absolute Gasteiger partial charge is 0.306 e. The second kappa shape index (κ2) is 6.97. The maximum Gasteiger partial charge on any atom is 0.306 e. The average Bonchev–Trinajstić information content (AvgIpc) is 2.90. The molecule has 5 heteroatoms. The molecule has 0 amide bonds. The van der Waals surface area contributed by atoms with Crippen LogP contribution in [0.3, 0.4) is 0 Å². The zero-order chi connectivity index (χ0) is 16.4. The van der Waals surface area contributed by atoms with Crippen molar-refractivity contribution in [1.29, 1.82) is 0 Å². The highest BCUT2D eigenvalue weighted by atomic mass is 19.1. The Morgan fingerprint density at radius 1 is 1.17 bits per heavy atom. The van der Waals surface area contributed by atoms with Crippen LogP contribution in [0.5, 0.6) is 0 Å². The Bertz CT molecular complexity index is 540. The maximum absolute atomic E-state index is 13.0. The normalized spacial score (nSPS) is 29.7. The number of aliphatic hydroxyl groups excluding tert-OH is 1. The predicted octanol–water partition coefficient (Wildman–Crippen LogP) is 2.48. The van der Waals surface area contributed by atoms with E-state index >= 15 is 0 Å². The summed E-state index contributed by atoms with van der Waals surface area (Å²) in [7, 11) is 0. The third kappa shape index (κ3) is 3.90. The number of aliphatic carboxylic acids is 1. The van der Waals surface area contributed by atoms with Crippen LogP contribution >= 0.6 is 0 Å². The van der Waals surface area contributed by atoms with Gasteiger partial charge in [0.25, 0.3) is 0 Å². The standard InChI is InChI=1S/C18H24FNO3/c19-15-3-1-12(2-4-15)13-5-7-20(8-6-13)11-14-9-16(21)10-17(14)18(22)23/h1-4,13-14,16-17,21H,5-11H2,(H,22,23)/t14-,16-,17+/m0/s1. The van der Waals surface area contributed by atoms with Crippen molar-refractivity contribution >= 4 is 5.97 Å². The fourth-order valence-corrected chi connectivity index (χ4v) is 4.12. The molecule has 126 valence electrons. The Kier molecular flexibility index (Phi) is 4.97. The summed E-state index contributed by atoms with van der Waals surface area (Å²) >= 11 is 0. The number of rotatable bonds is 4. The molecule has 2 aliphatic rings. The molecule has 1 aliphatic heterocycles. The first-order valence-corrected chi connectivity index (χ1v) is 8.41. The molecule has 1 saturated heterocycles. The number of halogens is 1. The van der Waals surface area contributed by atoms with Crippen LogP contribution in [0.4, 0.5) is 4.39 Å². The van der Waals surface area contributed by atoms with E-state index in [2.05, 4.69) is 4.90 Å². The first-order valence-electron chi connectivity index (χ1n) is 8.41. The minimum Gasteiger partial charge on any atom is -0.481 e. The van der Waals surface area contributed by atoms with Gasteiger partial charge < -0.3 is 15.1 Å². The van der Waals surface area contributed by atoms with E-state index in [1.807, 2.05) is 12.1 Å². The van der Waals surface area contributed by atoms with E-state index in [4.69, 9.17) is 0 Å². The van der Waals surface area contributed by atoms with E-state index in [-0.39, 0.29) is 11.7 Å². The molecule has 1 saturated carbocycles. The third-order valence-corrected chi connectivity index (χ3v) is 5.41. The van der Waals surface area contributed by atoms with Gasteiger partial charge in [-0.25, -0.2) is 4.39 Å². The highest BCUT2D eigenvalue weighted by Gasteiger charge is 2.39. The minimum absolute atomic E-state index is 0.0462. The average molecular weight is 321 g/mol. The van der Waals surface area contributed by atoms with Crippen LogP contribution in [-0.4, -0.2) is 46.8 Å². The number of hydrogen-bond acceptors (Lipinski definition) is 3. The van der Waals surface area contributed by atoms with Crippen LogP contribution < -0.4 is 0 Å². The Morgan fingerprint density at radius 3 is 2.43 bits per heavy atom. The number of benzene rings is 1. The SMILES string of the molecule is O=C(O)[C@@H]1C[C@@H](O)C[C@H]1CN1CCC(c2ccc(F)cc2)CC1. The summed E-state index contributed by atoms with van der Waals surface area (Å²) in [6.45, 7) is 2.62. The topological polar surface area (TPSA) is 60.8 Å². The lowest BCUT2D eigenvalue weighted by Crippen LogP contribution is -2.38. The van der Waals surface area contributed by atoms with E-state index < -0.39 is 18.0 Å². The molecule has 4 nitrogen and oxygen atoms in total. The van der Waals surface area contributed by atoms with Crippen LogP contribution in [0, 0.1) is 17.7 Å². The highest BCUT2D eigenvalue weighted by Crippen LogP contribution is 2.35. The van der Waals surface area contributed by atoms with Crippen LogP contribution in [0.15, 0.2) is 24.3 Å². The fourth-order valence-electron chi connectivity index (χ4n) is 4.12. The highest BCUT2D eigenvalue weighted by molar-refractivity contribution is 5.70. The zero-order valence-electron chi connectivity index (χ0n) is 13.2.